The number of rotatable bonds is 2. The van der Waals surface area contributed by atoms with Crippen molar-refractivity contribution in [2.24, 2.45) is 0 Å². The average Bonchev–Trinajstić information content (AvgIpc) is 2.88. The van der Waals surface area contributed by atoms with E-state index < -0.39 is 5.97 Å². The third-order valence-electron chi connectivity index (χ3n) is 3.31. The van der Waals surface area contributed by atoms with Crippen LogP contribution < -0.4 is 5.32 Å². The summed E-state index contributed by atoms with van der Waals surface area (Å²) in [5, 5.41) is 23.2. The molecule has 7 nitrogen and oxygen atoms in total. The van der Waals surface area contributed by atoms with Crippen LogP contribution in [0.1, 0.15) is 22.7 Å². The van der Waals surface area contributed by atoms with Crippen molar-refractivity contribution in [1.82, 2.24) is 20.2 Å². The highest BCUT2D eigenvalue weighted by Crippen LogP contribution is 2.30. The number of carboxylic acid groups (broad SMARTS) is 1. The molecule has 0 saturated carbocycles. The molecule has 1 aliphatic heterocycles. The predicted octanol–water partition coefficient (Wildman–Crippen LogP) is 1.27. The SMILES string of the molecule is Cc1ccc(C)c(C2C=C(C(=O)O)Nc3nnnn32)c1. The van der Waals surface area contributed by atoms with Crippen LogP contribution in [0.15, 0.2) is 30.0 Å². The number of aromatic nitrogens is 4. The van der Waals surface area contributed by atoms with Crippen molar-refractivity contribution in [2.45, 2.75) is 19.9 Å². The fraction of sp³-hybridized carbons (Fsp3) is 0.231. The second-order valence-corrected chi connectivity index (χ2v) is 4.76. The van der Waals surface area contributed by atoms with E-state index in [0.29, 0.717) is 5.95 Å². The second kappa shape index (κ2) is 4.44. The summed E-state index contributed by atoms with van der Waals surface area (Å²) in [6.07, 6.45) is 1.62. The van der Waals surface area contributed by atoms with Crippen molar-refractivity contribution < 1.29 is 9.90 Å². The zero-order valence-corrected chi connectivity index (χ0v) is 11.0. The number of allylic oxidation sites excluding steroid dienone is 1. The Hall–Kier alpha value is -2.70. The molecule has 1 atom stereocenters. The summed E-state index contributed by atoms with van der Waals surface area (Å²) in [5.41, 5.74) is 3.23. The molecule has 2 heterocycles. The zero-order chi connectivity index (χ0) is 14.3. The van der Waals surface area contributed by atoms with E-state index in [1.807, 2.05) is 32.0 Å². The molecule has 0 fully saturated rings. The number of aliphatic carboxylic acids is 1. The average molecular weight is 271 g/mol. The minimum absolute atomic E-state index is 0.0817. The Bertz CT molecular complexity index is 719. The number of benzene rings is 1. The van der Waals surface area contributed by atoms with Crippen molar-refractivity contribution >= 4 is 11.9 Å². The van der Waals surface area contributed by atoms with Gasteiger partial charge in [0.25, 0.3) is 0 Å². The third kappa shape index (κ3) is 1.93. The second-order valence-electron chi connectivity index (χ2n) is 4.76. The van der Waals surface area contributed by atoms with Gasteiger partial charge in [-0.15, -0.1) is 0 Å². The van der Waals surface area contributed by atoms with Gasteiger partial charge in [-0.05, 0) is 41.5 Å². The van der Waals surface area contributed by atoms with Gasteiger partial charge in [0.1, 0.15) is 11.7 Å². The number of carbonyl (C=O) groups is 1. The zero-order valence-electron chi connectivity index (χ0n) is 11.0. The van der Waals surface area contributed by atoms with Crippen LogP contribution in [-0.2, 0) is 4.79 Å². The minimum atomic E-state index is -1.03. The van der Waals surface area contributed by atoms with Crippen molar-refractivity contribution in [3.63, 3.8) is 0 Å². The Morgan fingerprint density at radius 2 is 2.20 bits per heavy atom. The fourth-order valence-electron chi connectivity index (χ4n) is 2.28. The van der Waals surface area contributed by atoms with Crippen LogP contribution >= 0.6 is 0 Å². The van der Waals surface area contributed by atoms with Gasteiger partial charge in [-0.2, -0.15) is 4.68 Å². The molecule has 1 aromatic carbocycles. The summed E-state index contributed by atoms with van der Waals surface area (Å²) in [5.74, 6) is -0.703. The Kier molecular flexibility index (Phi) is 2.74. The number of hydrogen-bond acceptors (Lipinski definition) is 5. The van der Waals surface area contributed by atoms with Gasteiger partial charge in [0.2, 0.25) is 5.95 Å². The number of nitrogens with zero attached hydrogens (tertiary/aromatic N) is 4. The van der Waals surface area contributed by atoms with E-state index in [2.05, 4.69) is 20.8 Å². The van der Waals surface area contributed by atoms with Crippen LogP contribution in [0.5, 0.6) is 0 Å². The Morgan fingerprint density at radius 3 is 2.95 bits per heavy atom. The standard InChI is InChI=1S/C13H13N5O2/c1-7-3-4-8(2)9(5-7)11-6-10(12(19)20)14-13-15-16-17-18(11)13/h3-6,11H,1-2H3,(H,19,20)(H,14,15,17). The lowest BCUT2D eigenvalue weighted by molar-refractivity contribution is -0.132. The smallest absolute Gasteiger partial charge is 0.352 e. The summed E-state index contributed by atoms with van der Waals surface area (Å²) in [6.45, 7) is 3.97. The first-order valence-electron chi connectivity index (χ1n) is 6.13. The monoisotopic (exact) mass is 271 g/mol. The molecule has 0 aliphatic carbocycles. The predicted molar refractivity (Wildman–Crippen MR) is 71.2 cm³/mol. The Labute approximate surface area is 114 Å². The Morgan fingerprint density at radius 1 is 1.40 bits per heavy atom. The molecule has 20 heavy (non-hydrogen) atoms. The highest BCUT2D eigenvalue weighted by atomic mass is 16.4. The molecule has 7 heteroatoms. The van der Waals surface area contributed by atoms with Gasteiger partial charge in [0.15, 0.2) is 0 Å². The van der Waals surface area contributed by atoms with Crippen molar-refractivity contribution in [2.75, 3.05) is 5.32 Å². The van der Waals surface area contributed by atoms with E-state index in [0.717, 1.165) is 16.7 Å². The molecule has 0 radical (unpaired) electrons. The van der Waals surface area contributed by atoms with E-state index >= 15 is 0 Å². The number of fused-ring (bicyclic) bond motifs is 1. The van der Waals surface area contributed by atoms with Gasteiger partial charge in [-0.1, -0.05) is 28.9 Å². The summed E-state index contributed by atoms with van der Waals surface area (Å²) in [6, 6.07) is 5.72. The van der Waals surface area contributed by atoms with Crippen LogP contribution in [-0.4, -0.2) is 31.3 Å². The highest BCUT2D eigenvalue weighted by molar-refractivity contribution is 5.90. The van der Waals surface area contributed by atoms with Gasteiger partial charge in [0.05, 0.1) is 0 Å². The molecule has 2 N–H and O–H groups in total. The fourth-order valence-corrected chi connectivity index (χ4v) is 2.28. The normalized spacial score (nSPS) is 17.1. The molecule has 1 aromatic heterocycles. The number of nitrogens with one attached hydrogen (secondary N) is 1. The van der Waals surface area contributed by atoms with E-state index in [9.17, 15) is 9.90 Å². The quantitative estimate of drug-likeness (QED) is 0.854. The molecule has 1 unspecified atom stereocenters. The molecular weight excluding hydrogens is 258 g/mol. The van der Waals surface area contributed by atoms with Crippen molar-refractivity contribution in [3.8, 4) is 0 Å². The first-order valence-corrected chi connectivity index (χ1v) is 6.13. The van der Waals surface area contributed by atoms with Crippen LogP contribution in [0.3, 0.4) is 0 Å². The maximum atomic E-state index is 11.2. The molecule has 0 saturated heterocycles. The van der Waals surface area contributed by atoms with E-state index in [1.54, 1.807) is 10.8 Å². The molecule has 1 aliphatic rings. The minimum Gasteiger partial charge on any atom is -0.477 e. The highest BCUT2D eigenvalue weighted by Gasteiger charge is 2.27. The maximum Gasteiger partial charge on any atom is 0.352 e. The van der Waals surface area contributed by atoms with Crippen LogP contribution in [0.4, 0.5) is 5.95 Å². The third-order valence-corrected chi connectivity index (χ3v) is 3.31. The summed E-state index contributed by atoms with van der Waals surface area (Å²) < 4.78 is 1.58. The molecular formula is C13H13N5O2. The van der Waals surface area contributed by atoms with Crippen molar-refractivity contribution in [1.29, 1.82) is 0 Å². The van der Waals surface area contributed by atoms with Crippen LogP contribution in [0, 0.1) is 13.8 Å². The summed E-state index contributed by atoms with van der Waals surface area (Å²) in [4.78, 5) is 11.2. The van der Waals surface area contributed by atoms with Gasteiger partial charge in [0, 0.05) is 0 Å². The van der Waals surface area contributed by atoms with Crippen LogP contribution in [0.25, 0.3) is 0 Å². The number of hydrogen-bond donors (Lipinski definition) is 2. The molecule has 102 valence electrons. The van der Waals surface area contributed by atoms with E-state index in [1.165, 1.54) is 0 Å². The largest absolute Gasteiger partial charge is 0.477 e. The van der Waals surface area contributed by atoms with Crippen LogP contribution in [0.2, 0.25) is 0 Å². The Balaban J connectivity index is 2.17. The lowest BCUT2D eigenvalue weighted by Crippen LogP contribution is -2.24. The van der Waals surface area contributed by atoms with E-state index in [-0.39, 0.29) is 11.7 Å². The molecule has 0 amide bonds. The number of anilines is 1. The maximum absolute atomic E-state index is 11.2. The first-order chi connectivity index (χ1) is 9.56. The van der Waals surface area contributed by atoms with E-state index in [4.69, 9.17) is 0 Å². The van der Waals surface area contributed by atoms with Gasteiger partial charge in [-0.3, -0.25) is 0 Å². The van der Waals surface area contributed by atoms with Gasteiger partial charge < -0.3 is 10.4 Å². The van der Waals surface area contributed by atoms with Gasteiger partial charge in [-0.25, -0.2) is 4.79 Å². The lowest BCUT2D eigenvalue weighted by Gasteiger charge is -2.23. The lowest BCUT2D eigenvalue weighted by atomic mass is 9.97. The molecule has 0 spiro atoms. The topological polar surface area (TPSA) is 92.9 Å². The number of carboxylic acids is 1. The van der Waals surface area contributed by atoms with Crippen molar-refractivity contribution in [3.05, 3.63) is 46.7 Å². The molecule has 2 aromatic rings. The molecule has 0 bridgehead atoms. The van der Waals surface area contributed by atoms with Gasteiger partial charge >= 0.3 is 5.97 Å². The first kappa shape index (κ1) is 12.3. The number of tetrazole rings is 1. The summed E-state index contributed by atoms with van der Waals surface area (Å²) in [7, 11) is 0. The summed E-state index contributed by atoms with van der Waals surface area (Å²) >= 11 is 0. The number of aryl methyl sites for hydroxylation is 2. The molecule has 3 rings (SSSR count).